The van der Waals surface area contributed by atoms with Crippen LogP contribution in [0.3, 0.4) is 0 Å². The molecule has 0 atom stereocenters. The monoisotopic (exact) mass is 333 g/mol. The number of carboxylic acids is 1. The third-order valence-corrected chi connectivity index (χ3v) is 3.40. The van der Waals surface area contributed by atoms with Crippen molar-refractivity contribution in [1.29, 1.82) is 0 Å². The van der Waals surface area contributed by atoms with Crippen molar-refractivity contribution in [3.63, 3.8) is 0 Å². The Morgan fingerprint density at radius 3 is 2.48 bits per heavy atom. The zero-order valence-corrected chi connectivity index (χ0v) is 13.0. The summed E-state index contributed by atoms with van der Waals surface area (Å²) in [6, 6.07) is 18.3. The summed E-state index contributed by atoms with van der Waals surface area (Å²) in [6.45, 7) is 0. The van der Waals surface area contributed by atoms with Gasteiger partial charge in [-0.3, -0.25) is 4.79 Å². The molecule has 0 spiro atoms. The Labute approximate surface area is 143 Å². The molecule has 6 heteroatoms. The molecular weight excluding hydrogens is 320 g/mol. The number of rotatable bonds is 5. The van der Waals surface area contributed by atoms with Crippen LogP contribution in [0.5, 0.6) is 0 Å². The Kier molecular flexibility index (Phi) is 4.71. The summed E-state index contributed by atoms with van der Waals surface area (Å²) in [4.78, 5) is 22.8. The maximum Gasteiger partial charge on any atom is 0.271 e. The van der Waals surface area contributed by atoms with Crippen molar-refractivity contribution in [2.24, 2.45) is 5.10 Å². The first-order chi connectivity index (χ1) is 12.1. The van der Waals surface area contributed by atoms with Gasteiger partial charge in [0.05, 0.1) is 12.2 Å². The van der Waals surface area contributed by atoms with Gasteiger partial charge < -0.3 is 14.3 Å². The number of hydrogen-bond donors (Lipinski definition) is 1. The molecule has 124 valence electrons. The number of carboxylic acid groups (broad SMARTS) is 1. The number of aromatic carboxylic acids is 1. The molecule has 0 saturated carbocycles. The lowest BCUT2D eigenvalue weighted by atomic mass is 10.1. The Bertz CT molecular complexity index is 929. The Hall–Kier alpha value is -3.67. The fourth-order valence-electron chi connectivity index (χ4n) is 2.19. The second-order valence-corrected chi connectivity index (χ2v) is 5.14. The van der Waals surface area contributed by atoms with Crippen LogP contribution in [0, 0.1) is 0 Å². The van der Waals surface area contributed by atoms with Gasteiger partial charge in [-0.15, -0.1) is 0 Å². The van der Waals surface area contributed by atoms with Crippen LogP contribution < -0.4 is 10.5 Å². The van der Waals surface area contributed by atoms with Crippen molar-refractivity contribution in [3.05, 3.63) is 83.6 Å². The van der Waals surface area contributed by atoms with Gasteiger partial charge in [0.2, 0.25) is 0 Å². The lowest BCUT2D eigenvalue weighted by Crippen LogP contribution is -2.22. The van der Waals surface area contributed by atoms with E-state index in [1.165, 1.54) is 18.3 Å². The van der Waals surface area contributed by atoms with E-state index in [1.54, 1.807) is 48.5 Å². The fraction of sp³-hybridized carbons (Fsp3) is 0. The van der Waals surface area contributed by atoms with E-state index in [-0.39, 0.29) is 11.5 Å². The van der Waals surface area contributed by atoms with Crippen molar-refractivity contribution < 1.29 is 19.1 Å². The van der Waals surface area contributed by atoms with Gasteiger partial charge >= 0.3 is 0 Å². The predicted octanol–water partition coefficient (Wildman–Crippen LogP) is 2.07. The van der Waals surface area contributed by atoms with Crippen molar-refractivity contribution >= 4 is 18.1 Å². The molecule has 25 heavy (non-hydrogen) atoms. The lowest BCUT2D eigenvalue weighted by molar-refractivity contribution is -0.255. The highest BCUT2D eigenvalue weighted by Crippen LogP contribution is 2.22. The molecule has 0 fully saturated rings. The quantitative estimate of drug-likeness (QED) is 0.571. The standard InChI is InChI=1S/C19H14N2O4/c22-18(13-5-2-1-3-6-13)21-20-12-16-9-10-17(25-16)14-7-4-8-15(11-14)19(23)24/h1-12H,(H,21,22)(H,23,24)/p-1/b20-12-. The van der Waals surface area contributed by atoms with Crippen molar-refractivity contribution in [3.8, 4) is 11.3 Å². The third kappa shape index (κ3) is 4.00. The molecule has 1 heterocycles. The number of benzene rings is 2. The molecular formula is C19H13N2O4-. The molecule has 1 N–H and O–H groups in total. The van der Waals surface area contributed by atoms with Gasteiger partial charge in [0, 0.05) is 11.1 Å². The maximum atomic E-state index is 11.8. The summed E-state index contributed by atoms with van der Waals surface area (Å²) in [5.41, 5.74) is 3.58. The second kappa shape index (κ2) is 7.27. The highest BCUT2D eigenvalue weighted by molar-refractivity contribution is 5.94. The normalized spacial score (nSPS) is 10.7. The lowest BCUT2D eigenvalue weighted by Gasteiger charge is -2.03. The van der Waals surface area contributed by atoms with Crippen LogP contribution in [-0.2, 0) is 0 Å². The maximum absolute atomic E-state index is 11.8. The van der Waals surface area contributed by atoms with Gasteiger partial charge in [-0.1, -0.05) is 36.4 Å². The Balaban J connectivity index is 1.68. The van der Waals surface area contributed by atoms with E-state index in [4.69, 9.17) is 4.42 Å². The summed E-state index contributed by atoms with van der Waals surface area (Å²) in [7, 11) is 0. The van der Waals surface area contributed by atoms with Crippen LogP contribution in [0.15, 0.2) is 76.2 Å². The second-order valence-electron chi connectivity index (χ2n) is 5.14. The first-order valence-electron chi connectivity index (χ1n) is 7.43. The van der Waals surface area contributed by atoms with Crippen molar-refractivity contribution in [2.75, 3.05) is 0 Å². The minimum atomic E-state index is -1.25. The third-order valence-electron chi connectivity index (χ3n) is 3.40. The van der Waals surface area contributed by atoms with E-state index in [1.807, 2.05) is 6.07 Å². The molecule has 0 aliphatic carbocycles. The molecule has 1 amide bonds. The Morgan fingerprint density at radius 1 is 0.960 bits per heavy atom. The summed E-state index contributed by atoms with van der Waals surface area (Å²) in [5.74, 6) is -0.676. The van der Waals surface area contributed by atoms with Crippen molar-refractivity contribution in [2.45, 2.75) is 0 Å². The minimum Gasteiger partial charge on any atom is -0.545 e. The summed E-state index contributed by atoms with van der Waals surface area (Å²) in [6.07, 6.45) is 1.37. The molecule has 0 aliphatic heterocycles. The predicted molar refractivity (Wildman–Crippen MR) is 90.0 cm³/mol. The van der Waals surface area contributed by atoms with Crippen LogP contribution in [0.1, 0.15) is 26.5 Å². The summed E-state index contributed by atoms with van der Waals surface area (Å²) >= 11 is 0. The first kappa shape index (κ1) is 16.2. The van der Waals surface area contributed by atoms with E-state index in [9.17, 15) is 14.7 Å². The van der Waals surface area contributed by atoms with Crippen LogP contribution in [0.25, 0.3) is 11.3 Å². The summed E-state index contributed by atoms with van der Waals surface area (Å²) in [5, 5.41) is 14.8. The van der Waals surface area contributed by atoms with Gasteiger partial charge in [-0.2, -0.15) is 5.10 Å². The summed E-state index contributed by atoms with van der Waals surface area (Å²) < 4.78 is 5.58. The first-order valence-corrected chi connectivity index (χ1v) is 7.43. The van der Waals surface area contributed by atoms with Crippen molar-refractivity contribution in [1.82, 2.24) is 5.43 Å². The molecule has 0 bridgehead atoms. The zero-order valence-electron chi connectivity index (χ0n) is 13.0. The minimum absolute atomic E-state index is 0.0687. The number of carbonyl (C=O) groups is 2. The zero-order chi connectivity index (χ0) is 17.6. The number of amides is 1. The number of nitrogens with zero attached hydrogens (tertiary/aromatic N) is 1. The number of nitrogens with one attached hydrogen (secondary N) is 1. The molecule has 0 saturated heterocycles. The largest absolute Gasteiger partial charge is 0.545 e. The molecule has 0 unspecified atom stereocenters. The van der Waals surface area contributed by atoms with E-state index in [2.05, 4.69) is 10.5 Å². The van der Waals surface area contributed by atoms with E-state index in [0.717, 1.165) is 0 Å². The van der Waals surface area contributed by atoms with Gasteiger partial charge in [-0.25, -0.2) is 5.43 Å². The van der Waals surface area contributed by atoms with E-state index < -0.39 is 5.97 Å². The highest BCUT2D eigenvalue weighted by atomic mass is 16.4. The Morgan fingerprint density at radius 2 is 1.72 bits per heavy atom. The number of hydrogen-bond acceptors (Lipinski definition) is 5. The van der Waals surface area contributed by atoms with Gasteiger partial charge in [0.1, 0.15) is 11.5 Å². The average Bonchev–Trinajstić information content (AvgIpc) is 3.11. The highest BCUT2D eigenvalue weighted by Gasteiger charge is 2.06. The molecule has 1 aromatic heterocycles. The number of carbonyl (C=O) groups excluding carboxylic acids is 2. The van der Waals surface area contributed by atoms with Gasteiger partial charge in [-0.05, 0) is 35.9 Å². The molecule has 0 aliphatic rings. The molecule has 6 nitrogen and oxygen atoms in total. The SMILES string of the molecule is O=C([O-])c1cccc(-c2ccc(/C=N\NC(=O)c3ccccc3)o2)c1. The average molecular weight is 333 g/mol. The van der Waals surface area contributed by atoms with Gasteiger partial charge in [0.15, 0.2) is 0 Å². The van der Waals surface area contributed by atoms with Crippen LogP contribution in [0.4, 0.5) is 0 Å². The van der Waals surface area contributed by atoms with E-state index >= 15 is 0 Å². The fourth-order valence-corrected chi connectivity index (χ4v) is 2.19. The molecule has 2 aromatic carbocycles. The number of hydrazone groups is 1. The molecule has 3 rings (SSSR count). The van der Waals surface area contributed by atoms with E-state index in [0.29, 0.717) is 22.6 Å². The molecule has 0 radical (unpaired) electrons. The number of furan rings is 1. The van der Waals surface area contributed by atoms with Crippen LogP contribution >= 0.6 is 0 Å². The topological polar surface area (TPSA) is 94.7 Å². The van der Waals surface area contributed by atoms with Gasteiger partial charge in [0.25, 0.3) is 5.91 Å². The molecule has 3 aromatic rings. The van der Waals surface area contributed by atoms with Crippen LogP contribution in [-0.4, -0.2) is 18.1 Å². The van der Waals surface area contributed by atoms with Crippen LogP contribution in [0.2, 0.25) is 0 Å². The smallest absolute Gasteiger partial charge is 0.271 e.